The number of amides is 1. The van der Waals surface area contributed by atoms with E-state index in [-0.39, 0.29) is 5.56 Å². The van der Waals surface area contributed by atoms with Gasteiger partial charge in [0, 0.05) is 16.8 Å². The quantitative estimate of drug-likeness (QED) is 0.777. The molecule has 1 amide bonds. The maximum Gasteiger partial charge on any atom is 0.249 e. The Morgan fingerprint density at radius 3 is 2.76 bits per heavy atom. The summed E-state index contributed by atoms with van der Waals surface area (Å²) in [7, 11) is 0. The standard InChI is InChI=1S/C12H11N3O2/c1-7-11(5-14-15-7)8-2-3-9(6-16)10(4-8)12(13)17/h2-6H,1H3,(H2,13,17)(H,14,15). The zero-order valence-electron chi connectivity index (χ0n) is 9.23. The van der Waals surface area contributed by atoms with Crippen molar-refractivity contribution in [3.05, 3.63) is 41.2 Å². The lowest BCUT2D eigenvalue weighted by Gasteiger charge is -2.04. The third-order valence-corrected chi connectivity index (χ3v) is 2.59. The summed E-state index contributed by atoms with van der Waals surface area (Å²) in [4.78, 5) is 22.0. The van der Waals surface area contributed by atoms with Crippen molar-refractivity contribution < 1.29 is 9.59 Å². The molecule has 1 aromatic carbocycles. The molecule has 17 heavy (non-hydrogen) atoms. The Morgan fingerprint density at radius 2 is 2.24 bits per heavy atom. The number of aromatic nitrogens is 2. The average molecular weight is 229 g/mol. The first-order valence-electron chi connectivity index (χ1n) is 5.03. The van der Waals surface area contributed by atoms with Crippen molar-refractivity contribution >= 4 is 12.2 Å². The van der Waals surface area contributed by atoms with Crippen LogP contribution < -0.4 is 5.73 Å². The van der Waals surface area contributed by atoms with E-state index >= 15 is 0 Å². The number of nitrogens with one attached hydrogen (secondary N) is 1. The lowest BCUT2D eigenvalue weighted by atomic mass is 10.00. The van der Waals surface area contributed by atoms with Crippen LogP contribution in [0, 0.1) is 6.92 Å². The number of nitrogens with two attached hydrogens (primary N) is 1. The van der Waals surface area contributed by atoms with Gasteiger partial charge in [0.05, 0.1) is 11.8 Å². The molecule has 0 unspecified atom stereocenters. The van der Waals surface area contributed by atoms with E-state index in [9.17, 15) is 9.59 Å². The van der Waals surface area contributed by atoms with Crippen molar-refractivity contribution in [1.82, 2.24) is 10.2 Å². The van der Waals surface area contributed by atoms with Gasteiger partial charge in [0.1, 0.15) is 0 Å². The largest absolute Gasteiger partial charge is 0.366 e. The van der Waals surface area contributed by atoms with Crippen LogP contribution in [0.5, 0.6) is 0 Å². The number of primary amides is 1. The van der Waals surface area contributed by atoms with Crippen LogP contribution in [0.4, 0.5) is 0 Å². The van der Waals surface area contributed by atoms with Gasteiger partial charge in [-0.05, 0) is 18.6 Å². The number of aromatic amines is 1. The molecule has 0 radical (unpaired) electrons. The molecule has 0 bridgehead atoms. The molecular weight excluding hydrogens is 218 g/mol. The van der Waals surface area contributed by atoms with E-state index in [0.29, 0.717) is 11.8 Å². The number of carbonyl (C=O) groups is 2. The molecule has 0 saturated carbocycles. The van der Waals surface area contributed by atoms with Crippen LogP contribution in [0.2, 0.25) is 0 Å². The molecule has 0 aliphatic heterocycles. The van der Waals surface area contributed by atoms with Crippen LogP contribution in [-0.4, -0.2) is 22.4 Å². The molecule has 5 nitrogen and oxygen atoms in total. The zero-order valence-corrected chi connectivity index (χ0v) is 9.23. The van der Waals surface area contributed by atoms with Gasteiger partial charge in [-0.1, -0.05) is 12.1 Å². The molecule has 2 rings (SSSR count). The highest BCUT2D eigenvalue weighted by atomic mass is 16.1. The molecule has 0 saturated heterocycles. The van der Waals surface area contributed by atoms with Gasteiger partial charge >= 0.3 is 0 Å². The Kier molecular flexibility index (Phi) is 2.74. The number of nitrogens with zero attached hydrogens (tertiary/aromatic N) is 1. The van der Waals surface area contributed by atoms with E-state index in [4.69, 9.17) is 5.73 Å². The predicted molar refractivity (Wildman–Crippen MR) is 62.7 cm³/mol. The van der Waals surface area contributed by atoms with Gasteiger partial charge in [-0.15, -0.1) is 0 Å². The topological polar surface area (TPSA) is 88.8 Å². The van der Waals surface area contributed by atoms with Gasteiger partial charge in [-0.2, -0.15) is 5.10 Å². The highest BCUT2D eigenvalue weighted by molar-refractivity contribution is 6.01. The van der Waals surface area contributed by atoms with Gasteiger partial charge in [-0.3, -0.25) is 14.7 Å². The van der Waals surface area contributed by atoms with Gasteiger partial charge in [0.25, 0.3) is 0 Å². The van der Waals surface area contributed by atoms with Crippen LogP contribution in [-0.2, 0) is 0 Å². The second-order valence-electron chi connectivity index (χ2n) is 3.69. The average Bonchev–Trinajstić information content (AvgIpc) is 2.74. The molecule has 0 fully saturated rings. The Hall–Kier alpha value is -2.43. The number of hydrogen-bond acceptors (Lipinski definition) is 3. The molecule has 3 N–H and O–H groups in total. The van der Waals surface area contributed by atoms with Crippen molar-refractivity contribution in [2.45, 2.75) is 6.92 Å². The van der Waals surface area contributed by atoms with Crippen molar-refractivity contribution in [2.75, 3.05) is 0 Å². The lowest BCUT2D eigenvalue weighted by Crippen LogP contribution is -2.13. The number of hydrogen-bond donors (Lipinski definition) is 2. The van der Waals surface area contributed by atoms with Crippen LogP contribution >= 0.6 is 0 Å². The van der Waals surface area contributed by atoms with E-state index in [1.807, 2.05) is 6.92 Å². The van der Waals surface area contributed by atoms with Crippen molar-refractivity contribution in [2.24, 2.45) is 5.73 Å². The van der Waals surface area contributed by atoms with Crippen LogP contribution in [0.3, 0.4) is 0 Å². The fraction of sp³-hybridized carbons (Fsp3) is 0.0833. The summed E-state index contributed by atoms with van der Waals surface area (Å²) in [6, 6.07) is 4.94. The normalized spacial score (nSPS) is 10.2. The molecule has 0 aliphatic carbocycles. The molecule has 1 aromatic heterocycles. The number of carbonyl (C=O) groups excluding carboxylic acids is 2. The summed E-state index contributed by atoms with van der Waals surface area (Å²) in [5.41, 5.74) is 8.31. The number of benzene rings is 1. The maximum atomic E-state index is 11.2. The second-order valence-corrected chi connectivity index (χ2v) is 3.69. The maximum absolute atomic E-state index is 11.2. The molecule has 0 aliphatic rings. The minimum Gasteiger partial charge on any atom is -0.366 e. The Bertz CT molecular complexity index is 587. The van der Waals surface area contributed by atoms with Crippen LogP contribution in [0.1, 0.15) is 26.4 Å². The fourth-order valence-corrected chi connectivity index (χ4v) is 1.68. The fourth-order valence-electron chi connectivity index (χ4n) is 1.68. The number of H-pyrrole nitrogens is 1. The third kappa shape index (κ3) is 1.94. The summed E-state index contributed by atoms with van der Waals surface area (Å²) in [6.45, 7) is 1.87. The van der Waals surface area contributed by atoms with Gasteiger partial charge in [0.2, 0.25) is 5.91 Å². The van der Waals surface area contributed by atoms with E-state index in [1.54, 1.807) is 24.4 Å². The van der Waals surface area contributed by atoms with Gasteiger partial charge < -0.3 is 5.73 Å². The van der Waals surface area contributed by atoms with Crippen LogP contribution in [0.15, 0.2) is 24.4 Å². The predicted octanol–water partition coefficient (Wildman–Crippen LogP) is 1.30. The summed E-state index contributed by atoms with van der Waals surface area (Å²) in [5.74, 6) is -0.616. The Morgan fingerprint density at radius 1 is 1.47 bits per heavy atom. The van der Waals surface area contributed by atoms with Crippen molar-refractivity contribution in [1.29, 1.82) is 0 Å². The molecule has 1 heterocycles. The molecule has 0 atom stereocenters. The second kappa shape index (κ2) is 4.21. The van der Waals surface area contributed by atoms with E-state index in [1.165, 1.54) is 0 Å². The molecule has 2 aromatic rings. The SMILES string of the molecule is Cc1[nH]ncc1-c1ccc(C=O)c(C(N)=O)c1. The number of aryl methyl sites for hydroxylation is 1. The minimum atomic E-state index is -0.616. The zero-order chi connectivity index (χ0) is 12.4. The first kappa shape index (κ1) is 11.1. The summed E-state index contributed by atoms with van der Waals surface area (Å²) in [5, 5.41) is 6.71. The highest BCUT2D eigenvalue weighted by Crippen LogP contribution is 2.23. The first-order valence-corrected chi connectivity index (χ1v) is 5.03. The van der Waals surface area contributed by atoms with E-state index in [2.05, 4.69) is 10.2 Å². The monoisotopic (exact) mass is 229 g/mol. The summed E-state index contributed by atoms with van der Waals surface area (Å²) < 4.78 is 0. The molecule has 5 heteroatoms. The smallest absolute Gasteiger partial charge is 0.249 e. The summed E-state index contributed by atoms with van der Waals surface area (Å²) >= 11 is 0. The van der Waals surface area contributed by atoms with Crippen molar-refractivity contribution in [3.8, 4) is 11.1 Å². The number of aldehydes is 1. The first-order chi connectivity index (χ1) is 8.13. The Balaban J connectivity index is 2.59. The van der Waals surface area contributed by atoms with Gasteiger partial charge in [-0.25, -0.2) is 0 Å². The van der Waals surface area contributed by atoms with Gasteiger partial charge in [0.15, 0.2) is 6.29 Å². The number of rotatable bonds is 3. The lowest BCUT2D eigenvalue weighted by molar-refractivity contribution is 0.0993. The highest BCUT2D eigenvalue weighted by Gasteiger charge is 2.11. The molecular formula is C12H11N3O2. The van der Waals surface area contributed by atoms with E-state index < -0.39 is 5.91 Å². The van der Waals surface area contributed by atoms with Crippen LogP contribution in [0.25, 0.3) is 11.1 Å². The summed E-state index contributed by atoms with van der Waals surface area (Å²) in [6.07, 6.45) is 2.28. The molecule has 0 spiro atoms. The minimum absolute atomic E-state index is 0.220. The molecule has 86 valence electrons. The Labute approximate surface area is 97.6 Å². The third-order valence-electron chi connectivity index (χ3n) is 2.59. The van der Waals surface area contributed by atoms with E-state index in [0.717, 1.165) is 16.8 Å². The van der Waals surface area contributed by atoms with Crippen molar-refractivity contribution in [3.63, 3.8) is 0 Å².